The Balaban J connectivity index is 1.87. The van der Waals surface area contributed by atoms with Gasteiger partial charge in [0.1, 0.15) is 5.82 Å². The molecule has 0 aliphatic carbocycles. The van der Waals surface area contributed by atoms with E-state index < -0.39 is 0 Å². The Morgan fingerprint density at radius 3 is 2.47 bits per heavy atom. The summed E-state index contributed by atoms with van der Waals surface area (Å²) in [5.74, 6) is -0.298. The first kappa shape index (κ1) is 21.9. The number of fused-ring (bicyclic) bond motifs is 1. The number of quaternary nitrogens is 1. The maximum atomic E-state index is 13.2. The fourth-order valence-corrected chi connectivity index (χ4v) is 3.47. The molecule has 0 saturated heterocycles. The summed E-state index contributed by atoms with van der Waals surface area (Å²) in [6, 6.07) is 12.1. The van der Waals surface area contributed by atoms with E-state index in [2.05, 4.69) is 37.4 Å². The highest BCUT2D eigenvalue weighted by molar-refractivity contribution is 7.80. The third-order valence-corrected chi connectivity index (χ3v) is 5.52. The van der Waals surface area contributed by atoms with Crippen LogP contribution in [0.1, 0.15) is 16.7 Å². The molecule has 0 saturated carbocycles. The van der Waals surface area contributed by atoms with Crippen LogP contribution in [-0.4, -0.2) is 42.2 Å². The monoisotopic (exact) mass is 427 g/mol. The maximum Gasteiger partial charge on any atom is 0.253 e. The van der Waals surface area contributed by atoms with Crippen molar-refractivity contribution in [2.75, 3.05) is 32.5 Å². The number of halogens is 1. The van der Waals surface area contributed by atoms with Gasteiger partial charge in [-0.2, -0.15) is 0 Å². The summed E-state index contributed by atoms with van der Waals surface area (Å²) in [6.07, 6.45) is 0. The van der Waals surface area contributed by atoms with Crippen molar-refractivity contribution in [1.82, 2.24) is 9.88 Å². The van der Waals surface area contributed by atoms with Crippen molar-refractivity contribution in [2.45, 2.75) is 20.4 Å². The number of aryl methyl sites for hydroxylation is 2. The van der Waals surface area contributed by atoms with Gasteiger partial charge in [0.25, 0.3) is 5.56 Å². The molecular weight excluding hydrogens is 399 g/mol. The first-order valence-corrected chi connectivity index (χ1v) is 10.4. The fourth-order valence-electron chi connectivity index (χ4n) is 3.19. The van der Waals surface area contributed by atoms with Gasteiger partial charge in [0.05, 0.1) is 33.7 Å². The lowest BCUT2D eigenvalue weighted by Crippen LogP contribution is -3.06. The second-order valence-electron chi connectivity index (χ2n) is 7.96. The van der Waals surface area contributed by atoms with E-state index in [1.807, 2.05) is 24.0 Å². The SMILES string of the molecule is Cc1cc2cc(CN(CC[NH+](C)C)C(=S)Nc3ccc(F)cc3)c(=O)[nH]c2cc1C. The van der Waals surface area contributed by atoms with Crippen LogP contribution in [0.3, 0.4) is 0 Å². The van der Waals surface area contributed by atoms with E-state index in [9.17, 15) is 9.18 Å². The highest BCUT2D eigenvalue weighted by atomic mass is 32.1. The summed E-state index contributed by atoms with van der Waals surface area (Å²) in [5, 5.41) is 4.66. The molecule has 0 unspecified atom stereocenters. The Morgan fingerprint density at radius 2 is 1.80 bits per heavy atom. The normalized spacial score (nSPS) is 11.1. The minimum atomic E-state index is -0.298. The second kappa shape index (κ2) is 9.36. The van der Waals surface area contributed by atoms with E-state index in [0.717, 1.165) is 23.0 Å². The minimum Gasteiger partial charge on any atom is -0.339 e. The van der Waals surface area contributed by atoms with Gasteiger partial charge < -0.3 is 20.1 Å². The Bertz CT molecular complexity index is 1110. The number of H-pyrrole nitrogens is 1. The lowest BCUT2D eigenvalue weighted by molar-refractivity contribution is -0.857. The smallest absolute Gasteiger partial charge is 0.253 e. The quantitative estimate of drug-likeness (QED) is 0.530. The predicted molar refractivity (Wildman–Crippen MR) is 125 cm³/mol. The number of nitrogens with one attached hydrogen (secondary N) is 3. The van der Waals surface area contributed by atoms with Crippen molar-refractivity contribution in [1.29, 1.82) is 0 Å². The standard InChI is InChI=1S/C23H27FN4OS/c1-15-11-17-13-18(22(29)26-21(17)12-16(15)2)14-28(10-9-27(3)4)23(30)25-20-7-5-19(24)6-8-20/h5-8,11-13H,9-10,14H2,1-4H3,(H,25,30)(H,26,29)/p+1. The van der Waals surface area contributed by atoms with E-state index in [1.165, 1.54) is 22.6 Å². The predicted octanol–water partition coefficient (Wildman–Crippen LogP) is 2.63. The van der Waals surface area contributed by atoms with E-state index in [1.54, 1.807) is 12.1 Å². The van der Waals surface area contributed by atoms with Crippen molar-refractivity contribution in [2.24, 2.45) is 0 Å². The molecule has 0 aliphatic rings. The van der Waals surface area contributed by atoms with Gasteiger partial charge in [-0.05, 0) is 85.0 Å². The van der Waals surface area contributed by atoms with E-state index in [0.29, 0.717) is 29.5 Å². The van der Waals surface area contributed by atoms with Gasteiger partial charge in [-0.1, -0.05) is 0 Å². The number of aromatic amines is 1. The van der Waals surface area contributed by atoms with Crippen LogP contribution in [0.5, 0.6) is 0 Å². The van der Waals surface area contributed by atoms with Crippen LogP contribution in [0.25, 0.3) is 10.9 Å². The zero-order valence-corrected chi connectivity index (χ0v) is 18.6. The average molecular weight is 428 g/mol. The highest BCUT2D eigenvalue weighted by Gasteiger charge is 2.15. The van der Waals surface area contributed by atoms with E-state index in [-0.39, 0.29) is 11.4 Å². The Hall–Kier alpha value is -2.77. The summed E-state index contributed by atoms with van der Waals surface area (Å²) in [4.78, 5) is 19.0. The van der Waals surface area contributed by atoms with Crippen LogP contribution in [0.4, 0.5) is 10.1 Å². The molecular formula is C23H28FN4OS+. The van der Waals surface area contributed by atoms with Gasteiger partial charge in [0.15, 0.2) is 5.11 Å². The Morgan fingerprint density at radius 1 is 1.13 bits per heavy atom. The molecule has 0 radical (unpaired) electrons. The van der Waals surface area contributed by atoms with Crippen molar-refractivity contribution in [3.63, 3.8) is 0 Å². The van der Waals surface area contributed by atoms with E-state index >= 15 is 0 Å². The summed E-state index contributed by atoms with van der Waals surface area (Å²) in [5.41, 5.74) is 4.42. The molecule has 7 heteroatoms. The number of hydrogen-bond acceptors (Lipinski definition) is 2. The number of thiocarbonyl (C=S) groups is 1. The summed E-state index contributed by atoms with van der Waals surface area (Å²) in [7, 11) is 4.14. The third kappa shape index (κ3) is 5.43. The number of hydrogen-bond donors (Lipinski definition) is 3. The molecule has 0 spiro atoms. The van der Waals surface area contributed by atoms with Crippen LogP contribution < -0.4 is 15.8 Å². The average Bonchev–Trinajstić information content (AvgIpc) is 2.68. The van der Waals surface area contributed by atoms with Crippen molar-refractivity contribution < 1.29 is 9.29 Å². The molecule has 1 aromatic heterocycles. The first-order chi connectivity index (χ1) is 14.2. The summed E-state index contributed by atoms with van der Waals surface area (Å²) < 4.78 is 13.2. The second-order valence-corrected chi connectivity index (χ2v) is 8.35. The van der Waals surface area contributed by atoms with Gasteiger partial charge >= 0.3 is 0 Å². The fraction of sp³-hybridized carbons (Fsp3) is 0.304. The number of benzene rings is 2. The molecule has 30 heavy (non-hydrogen) atoms. The number of pyridine rings is 1. The minimum absolute atomic E-state index is 0.113. The van der Waals surface area contributed by atoms with Crippen LogP contribution in [0.2, 0.25) is 0 Å². The van der Waals surface area contributed by atoms with Gasteiger partial charge in [-0.3, -0.25) is 4.79 Å². The maximum absolute atomic E-state index is 13.2. The molecule has 3 rings (SSSR count). The number of aromatic nitrogens is 1. The molecule has 0 aliphatic heterocycles. The van der Waals surface area contributed by atoms with Crippen LogP contribution >= 0.6 is 12.2 Å². The zero-order chi connectivity index (χ0) is 21.8. The number of rotatable bonds is 6. The molecule has 3 aromatic rings. The molecule has 3 N–H and O–H groups in total. The van der Waals surface area contributed by atoms with Crippen LogP contribution in [-0.2, 0) is 6.54 Å². The number of likely N-dealkylation sites (N-methyl/N-ethyl adjacent to an activating group) is 1. The molecule has 2 aromatic carbocycles. The molecule has 0 fully saturated rings. The first-order valence-electron chi connectivity index (χ1n) is 9.96. The van der Waals surface area contributed by atoms with Gasteiger partial charge in [0, 0.05) is 16.8 Å². The van der Waals surface area contributed by atoms with Gasteiger partial charge in [0.2, 0.25) is 0 Å². The molecule has 1 heterocycles. The largest absolute Gasteiger partial charge is 0.339 e. The van der Waals surface area contributed by atoms with Gasteiger partial charge in [-0.15, -0.1) is 0 Å². The van der Waals surface area contributed by atoms with Crippen LogP contribution in [0, 0.1) is 19.7 Å². The van der Waals surface area contributed by atoms with Crippen LogP contribution in [0.15, 0.2) is 47.3 Å². The number of anilines is 1. The molecule has 158 valence electrons. The Kier molecular flexibility index (Phi) is 6.84. The molecule has 0 bridgehead atoms. The number of nitrogens with zero attached hydrogens (tertiary/aromatic N) is 1. The molecule has 0 amide bonds. The Labute approximate surface area is 181 Å². The summed E-state index contributed by atoms with van der Waals surface area (Å²) in [6.45, 7) is 6.02. The van der Waals surface area contributed by atoms with E-state index in [4.69, 9.17) is 12.2 Å². The van der Waals surface area contributed by atoms with Gasteiger partial charge in [-0.25, -0.2) is 4.39 Å². The lowest BCUT2D eigenvalue weighted by atomic mass is 10.0. The van der Waals surface area contributed by atoms with Crippen molar-refractivity contribution in [3.8, 4) is 0 Å². The molecule has 5 nitrogen and oxygen atoms in total. The molecule has 0 atom stereocenters. The lowest BCUT2D eigenvalue weighted by Gasteiger charge is -2.26. The topological polar surface area (TPSA) is 52.6 Å². The van der Waals surface area contributed by atoms with Crippen molar-refractivity contribution >= 4 is 33.9 Å². The summed E-state index contributed by atoms with van der Waals surface area (Å²) >= 11 is 5.62. The van der Waals surface area contributed by atoms with Crippen molar-refractivity contribution in [3.05, 3.63) is 75.3 Å². The zero-order valence-electron chi connectivity index (χ0n) is 17.8. The third-order valence-electron chi connectivity index (χ3n) is 5.16. The highest BCUT2D eigenvalue weighted by Crippen LogP contribution is 2.18.